The van der Waals surface area contributed by atoms with Gasteiger partial charge >= 0.3 is 0 Å². The summed E-state index contributed by atoms with van der Waals surface area (Å²) in [6, 6.07) is 0. The molecule has 56 valence electrons. The molecule has 0 saturated carbocycles. The van der Waals surface area contributed by atoms with Gasteiger partial charge in [0.1, 0.15) is 11.3 Å². The summed E-state index contributed by atoms with van der Waals surface area (Å²) >= 11 is 4.22. The number of hydrogen-bond acceptors (Lipinski definition) is 3. The Balaban J connectivity index is 2.90. The zero-order valence-electron chi connectivity index (χ0n) is 6.00. The maximum atomic E-state index is 4.24. The number of hydrogen-bond donors (Lipinski definition) is 2. The van der Waals surface area contributed by atoms with E-state index in [1.807, 2.05) is 6.92 Å². The van der Waals surface area contributed by atoms with Crippen LogP contribution in [-0.4, -0.2) is 15.0 Å². The molecule has 11 heavy (non-hydrogen) atoms. The highest BCUT2D eigenvalue weighted by Crippen LogP contribution is 2.16. The fourth-order valence-electron chi connectivity index (χ4n) is 1.04. The number of nitrogens with one attached hydrogen (secondary N) is 1. The highest BCUT2D eigenvalue weighted by atomic mass is 32.1. The fourth-order valence-corrected chi connectivity index (χ4v) is 1.28. The van der Waals surface area contributed by atoms with Crippen LogP contribution in [0.4, 0.5) is 0 Å². The van der Waals surface area contributed by atoms with E-state index in [4.69, 9.17) is 0 Å². The van der Waals surface area contributed by atoms with Crippen molar-refractivity contribution in [1.82, 2.24) is 15.0 Å². The molecule has 0 amide bonds. The van der Waals surface area contributed by atoms with Crippen molar-refractivity contribution < 1.29 is 0 Å². The van der Waals surface area contributed by atoms with Crippen LogP contribution in [0.15, 0.2) is 17.3 Å². The molecule has 0 saturated heterocycles. The largest absolute Gasteiger partial charge is 0.341 e. The molecule has 0 aliphatic carbocycles. The first kappa shape index (κ1) is 6.67. The van der Waals surface area contributed by atoms with Gasteiger partial charge in [0, 0.05) is 6.20 Å². The Morgan fingerprint density at radius 2 is 2.27 bits per heavy atom. The molecular formula is C7H7N3S. The van der Waals surface area contributed by atoms with Crippen molar-refractivity contribution in [2.75, 3.05) is 0 Å². The van der Waals surface area contributed by atoms with E-state index in [2.05, 4.69) is 27.6 Å². The predicted molar refractivity (Wildman–Crippen MR) is 45.9 cm³/mol. The predicted octanol–water partition coefficient (Wildman–Crippen LogP) is 1.56. The van der Waals surface area contributed by atoms with Crippen LogP contribution < -0.4 is 0 Å². The second-order valence-corrected chi connectivity index (χ2v) is 2.86. The Morgan fingerprint density at radius 3 is 3.00 bits per heavy atom. The first-order valence-corrected chi connectivity index (χ1v) is 3.71. The van der Waals surface area contributed by atoms with Crippen LogP contribution in [0.5, 0.6) is 0 Å². The lowest BCUT2D eigenvalue weighted by Gasteiger charge is -1.88. The molecule has 2 heterocycles. The Bertz CT molecular complexity index is 393. The summed E-state index contributed by atoms with van der Waals surface area (Å²) in [6.45, 7) is 1.91. The topological polar surface area (TPSA) is 41.6 Å². The van der Waals surface area contributed by atoms with E-state index in [0.29, 0.717) is 0 Å². The molecule has 0 aliphatic rings. The third-order valence-corrected chi connectivity index (χ3v) is 1.82. The zero-order valence-corrected chi connectivity index (χ0v) is 6.89. The standard InChI is InChI=1S/C7H7N3S/c1-4-9-5-2-8-3-6(11)7(5)10-4/h2-3,11H,1H3,(H,9,10). The Hall–Kier alpha value is -1.03. The van der Waals surface area contributed by atoms with Crippen molar-refractivity contribution in [2.45, 2.75) is 11.8 Å². The minimum absolute atomic E-state index is 0.812. The lowest BCUT2D eigenvalue weighted by Crippen LogP contribution is -1.74. The summed E-state index contributed by atoms with van der Waals surface area (Å²) in [4.78, 5) is 12.1. The van der Waals surface area contributed by atoms with Gasteiger partial charge in [-0.25, -0.2) is 4.98 Å². The zero-order chi connectivity index (χ0) is 7.84. The van der Waals surface area contributed by atoms with E-state index in [1.54, 1.807) is 12.4 Å². The van der Waals surface area contributed by atoms with Gasteiger partial charge in [0.05, 0.1) is 16.6 Å². The van der Waals surface area contributed by atoms with Crippen molar-refractivity contribution >= 4 is 23.7 Å². The number of thiol groups is 1. The summed E-state index contributed by atoms with van der Waals surface area (Å²) in [5.74, 6) is 0.892. The van der Waals surface area contributed by atoms with Gasteiger partial charge in [-0.05, 0) is 6.92 Å². The van der Waals surface area contributed by atoms with Gasteiger partial charge in [0.15, 0.2) is 0 Å². The van der Waals surface area contributed by atoms with E-state index in [0.717, 1.165) is 21.8 Å². The molecule has 0 aliphatic heterocycles. The number of rotatable bonds is 0. The number of fused-ring (bicyclic) bond motifs is 1. The first-order chi connectivity index (χ1) is 5.27. The molecule has 0 bridgehead atoms. The van der Waals surface area contributed by atoms with E-state index in [1.165, 1.54) is 0 Å². The molecule has 0 aromatic carbocycles. The second-order valence-electron chi connectivity index (χ2n) is 2.38. The first-order valence-electron chi connectivity index (χ1n) is 3.26. The molecule has 4 heteroatoms. The number of aromatic nitrogens is 3. The summed E-state index contributed by atoms with van der Waals surface area (Å²) < 4.78 is 0. The van der Waals surface area contributed by atoms with Crippen LogP contribution in [-0.2, 0) is 0 Å². The van der Waals surface area contributed by atoms with Crippen molar-refractivity contribution in [3.05, 3.63) is 18.2 Å². The van der Waals surface area contributed by atoms with Crippen LogP contribution in [0, 0.1) is 6.92 Å². The molecule has 2 aromatic rings. The van der Waals surface area contributed by atoms with Gasteiger partial charge in [-0.3, -0.25) is 4.98 Å². The lowest BCUT2D eigenvalue weighted by atomic mass is 10.4. The average Bonchev–Trinajstić information content (AvgIpc) is 2.31. The van der Waals surface area contributed by atoms with Gasteiger partial charge < -0.3 is 4.98 Å². The summed E-state index contributed by atoms with van der Waals surface area (Å²) in [6.07, 6.45) is 3.43. The van der Waals surface area contributed by atoms with Gasteiger partial charge in [0.2, 0.25) is 0 Å². The van der Waals surface area contributed by atoms with Gasteiger partial charge in [0.25, 0.3) is 0 Å². The van der Waals surface area contributed by atoms with Crippen molar-refractivity contribution in [3.63, 3.8) is 0 Å². The molecular weight excluding hydrogens is 158 g/mol. The Kier molecular flexibility index (Phi) is 1.35. The third kappa shape index (κ3) is 0.991. The number of nitrogens with zero attached hydrogens (tertiary/aromatic N) is 2. The molecule has 2 rings (SSSR count). The minimum atomic E-state index is 0.812. The molecule has 0 fully saturated rings. The average molecular weight is 165 g/mol. The number of aromatic amines is 1. The number of pyridine rings is 1. The van der Waals surface area contributed by atoms with Crippen LogP contribution in [0.1, 0.15) is 5.82 Å². The number of aryl methyl sites for hydroxylation is 1. The monoisotopic (exact) mass is 165 g/mol. The summed E-state index contributed by atoms with van der Waals surface area (Å²) in [7, 11) is 0. The van der Waals surface area contributed by atoms with E-state index in [9.17, 15) is 0 Å². The Labute approximate surface area is 69.3 Å². The fraction of sp³-hybridized carbons (Fsp3) is 0.143. The van der Waals surface area contributed by atoms with E-state index in [-0.39, 0.29) is 0 Å². The minimum Gasteiger partial charge on any atom is -0.341 e. The lowest BCUT2D eigenvalue weighted by molar-refractivity contribution is 1.17. The quantitative estimate of drug-likeness (QED) is 0.581. The Morgan fingerprint density at radius 1 is 1.45 bits per heavy atom. The second kappa shape index (κ2) is 2.23. The molecule has 0 atom stereocenters. The molecule has 3 nitrogen and oxygen atoms in total. The van der Waals surface area contributed by atoms with Gasteiger partial charge in [-0.2, -0.15) is 0 Å². The van der Waals surface area contributed by atoms with Gasteiger partial charge in [-0.15, -0.1) is 12.6 Å². The number of H-pyrrole nitrogens is 1. The highest BCUT2D eigenvalue weighted by molar-refractivity contribution is 7.80. The molecule has 2 aromatic heterocycles. The SMILES string of the molecule is Cc1nc2c(S)cncc2[nH]1. The molecule has 0 spiro atoms. The smallest absolute Gasteiger partial charge is 0.105 e. The van der Waals surface area contributed by atoms with Gasteiger partial charge in [-0.1, -0.05) is 0 Å². The van der Waals surface area contributed by atoms with Crippen LogP contribution >= 0.6 is 12.6 Å². The van der Waals surface area contributed by atoms with Crippen molar-refractivity contribution in [3.8, 4) is 0 Å². The highest BCUT2D eigenvalue weighted by Gasteiger charge is 2.01. The molecule has 0 radical (unpaired) electrons. The maximum Gasteiger partial charge on any atom is 0.105 e. The maximum absolute atomic E-state index is 4.24. The number of imidazole rings is 1. The van der Waals surface area contributed by atoms with Crippen molar-refractivity contribution in [1.29, 1.82) is 0 Å². The third-order valence-electron chi connectivity index (χ3n) is 1.49. The van der Waals surface area contributed by atoms with E-state index < -0.39 is 0 Å². The summed E-state index contributed by atoms with van der Waals surface area (Å²) in [5.41, 5.74) is 1.83. The normalized spacial score (nSPS) is 10.7. The van der Waals surface area contributed by atoms with Crippen molar-refractivity contribution in [2.24, 2.45) is 0 Å². The molecule has 0 unspecified atom stereocenters. The summed E-state index contributed by atoms with van der Waals surface area (Å²) in [5, 5.41) is 0. The molecule has 1 N–H and O–H groups in total. The van der Waals surface area contributed by atoms with E-state index >= 15 is 0 Å². The van der Waals surface area contributed by atoms with Crippen LogP contribution in [0.2, 0.25) is 0 Å². The van der Waals surface area contributed by atoms with Crippen LogP contribution in [0.25, 0.3) is 11.0 Å². The van der Waals surface area contributed by atoms with Crippen LogP contribution in [0.3, 0.4) is 0 Å².